The summed E-state index contributed by atoms with van der Waals surface area (Å²) in [5.41, 5.74) is 0. The highest BCUT2D eigenvalue weighted by molar-refractivity contribution is 5.85. The van der Waals surface area contributed by atoms with Gasteiger partial charge in [-0.3, -0.25) is 9.69 Å². The molecule has 0 saturated carbocycles. The van der Waals surface area contributed by atoms with Crippen molar-refractivity contribution in [2.75, 3.05) is 33.2 Å². The first-order valence-electron chi connectivity index (χ1n) is 6.39. The van der Waals surface area contributed by atoms with E-state index in [0.717, 1.165) is 19.6 Å². The molecule has 1 N–H and O–H groups in total. The van der Waals surface area contributed by atoms with Crippen LogP contribution in [0.25, 0.3) is 0 Å². The summed E-state index contributed by atoms with van der Waals surface area (Å²) in [6, 6.07) is 0.998. The number of nitrogens with zero attached hydrogens (tertiary/aromatic N) is 2. The second kappa shape index (κ2) is 6.57. The van der Waals surface area contributed by atoms with Gasteiger partial charge in [-0.2, -0.15) is 0 Å². The van der Waals surface area contributed by atoms with Crippen LogP contribution in [0.5, 0.6) is 0 Å². The number of amides is 1. The van der Waals surface area contributed by atoms with Gasteiger partial charge in [-0.25, -0.2) is 0 Å². The maximum absolute atomic E-state index is 12.1. The van der Waals surface area contributed by atoms with Crippen molar-refractivity contribution in [1.82, 2.24) is 15.1 Å². The summed E-state index contributed by atoms with van der Waals surface area (Å²) in [7, 11) is 2.05. The zero-order valence-electron chi connectivity index (χ0n) is 10.8. The summed E-state index contributed by atoms with van der Waals surface area (Å²) in [6.07, 6.45) is 3.61. The van der Waals surface area contributed by atoms with Crippen LogP contribution < -0.4 is 5.32 Å². The van der Waals surface area contributed by atoms with Crippen LogP contribution >= 0.6 is 12.4 Å². The second-order valence-corrected chi connectivity index (χ2v) is 5.16. The molecule has 0 aromatic heterocycles. The van der Waals surface area contributed by atoms with Gasteiger partial charge in [-0.05, 0) is 33.2 Å². The van der Waals surface area contributed by atoms with Gasteiger partial charge < -0.3 is 10.2 Å². The molecular weight excluding hydrogens is 238 g/mol. The number of nitrogens with one attached hydrogen (secondary N) is 1. The van der Waals surface area contributed by atoms with Crippen LogP contribution in [0.4, 0.5) is 0 Å². The Morgan fingerprint density at radius 2 is 2.12 bits per heavy atom. The molecule has 1 atom stereocenters. The van der Waals surface area contributed by atoms with Crippen molar-refractivity contribution in [3.8, 4) is 0 Å². The predicted octanol–water partition coefficient (Wildman–Crippen LogP) is 0.713. The lowest BCUT2D eigenvalue weighted by Crippen LogP contribution is -2.58. The Balaban J connectivity index is 0.00000144. The third kappa shape index (κ3) is 3.57. The maximum Gasteiger partial charge on any atom is 0.236 e. The molecule has 4 nitrogen and oxygen atoms in total. The molecule has 2 saturated heterocycles. The summed E-state index contributed by atoms with van der Waals surface area (Å²) >= 11 is 0. The number of likely N-dealkylation sites (tertiary alicyclic amines) is 1. The summed E-state index contributed by atoms with van der Waals surface area (Å²) in [5, 5.41) is 3.24. The van der Waals surface area contributed by atoms with E-state index < -0.39 is 0 Å². The SMILES string of the molecule is CC1CCCCN1C(=O)CN(C)C1CNC1.Cl. The second-order valence-electron chi connectivity index (χ2n) is 5.16. The van der Waals surface area contributed by atoms with Crippen molar-refractivity contribution in [3.05, 3.63) is 0 Å². The number of piperidine rings is 1. The zero-order valence-corrected chi connectivity index (χ0v) is 11.6. The normalized spacial score (nSPS) is 25.4. The Morgan fingerprint density at radius 1 is 1.41 bits per heavy atom. The monoisotopic (exact) mass is 261 g/mol. The van der Waals surface area contributed by atoms with Crippen molar-refractivity contribution in [1.29, 1.82) is 0 Å². The van der Waals surface area contributed by atoms with E-state index in [2.05, 4.69) is 29.1 Å². The fraction of sp³-hybridized carbons (Fsp3) is 0.917. The largest absolute Gasteiger partial charge is 0.339 e. The smallest absolute Gasteiger partial charge is 0.236 e. The number of carbonyl (C=O) groups excluding carboxylic acids is 1. The minimum Gasteiger partial charge on any atom is -0.339 e. The molecule has 2 aliphatic heterocycles. The van der Waals surface area contributed by atoms with Gasteiger partial charge in [0.1, 0.15) is 0 Å². The first-order valence-corrected chi connectivity index (χ1v) is 6.39. The Labute approximate surface area is 110 Å². The molecule has 17 heavy (non-hydrogen) atoms. The average molecular weight is 262 g/mol. The Kier molecular flexibility index (Phi) is 5.70. The van der Waals surface area contributed by atoms with Crippen molar-refractivity contribution in [2.24, 2.45) is 0 Å². The van der Waals surface area contributed by atoms with Crippen molar-refractivity contribution >= 4 is 18.3 Å². The topological polar surface area (TPSA) is 35.6 Å². The van der Waals surface area contributed by atoms with Crippen LogP contribution in [-0.4, -0.2) is 61.0 Å². The van der Waals surface area contributed by atoms with Gasteiger partial charge in [-0.1, -0.05) is 0 Å². The van der Waals surface area contributed by atoms with Crippen LogP contribution in [0.3, 0.4) is 0 Å². The average Bonchev–Trinajstić information content (AvgIpc) is 2.15. The van der Waals surface area contributed by atoms with Crippen LogP contribution in [0, 0.1) is 0 Å². The fourth-order valence-corrected chi connectivity index (χ4v) is 2.49. The third-order valence-electron chi connectivity index (χ3n) is 3.89. The minimum atomic E-state index is 0. The standard InChI is InChI=1S/C12H23N3O.ClH/c1-10-5-3-4-6-15(10)12(16)9-14(2)11-7-13-8-11;/h10-11,13H,3-9H2,1-2H3;1H. The number of halogens is 1. The van der Waals surface area contributed by atoms with Gasteiger partial charge in [0.25, 0.3) is 0 Å². The van der Waals surface area contributed by atoms with Crippen LogP contribution in [0.1, 0.15) is 26.2 Å². The third-order valence-corrected chi connectivity index (χ3v) is 3.89. The number of rotatable bonds is 3. The van der Waals surface area contributed by atoms with Gasteiger partial charge in [0.2, 0.25) is 5.91 Å². The molecule has 0 aromatic carbocycles. The Hall–Kier alpha value is -0.320. The van der Waals surface area contributed by atoms with Gasteiger partial charge in [0.05, 0.1) is 6.54 Å². The van der Waals surface area contributed by atoms with Gasteiger partial charge in [0, 0.05) is 31.7 Å². The van der Waals surface area contributed by atoms with E-state index >= 15 is 0 Å². The van der Waals surface area contributed by atoms with E-state index in [1.807, 2.05) is 0 Å². The Morgan fingerprint density at radius 3 is 2.65 bits per heavy atom. The van der Waals surface area contributed by atoms with E-state index in [9.17, 15) is 4.79 Å². The molecule has 2 aliphatic rings. The lowest BCUT2D eigenvalue weighted by Gasteiger charge is -2.38. The molecule has 0 radical (unpaired) electrons. The van der Waals surface area contributed by atoms with E-state index in [1.165, 1.54) is 19.3 Å². The summed E-state index contributed by atoms with van der Waals surface area (Å²) < 4.78 is 0. The zero-order chi connectivity index (χ0) is 11.5. The molecule has 1 amide bonds. The van der Waals surface area contributed by atoms with Crippen LogP contribution in [0.15, 0.2) is 0 Å². The number of carbonyl (C=O) groups is 1. The highest BCUT2D eigenvalue weighted by Gasteiger charge is 2.27. The first-order chi connectivity index (χ1) is 7.68. The van der Waals surface area contributed by atoms with Crippen molar-refractivity contribution in [2.45, 2.75) is 38.3 Å². The highest BCUT2D eigenvalue weighted by atomic mass is 35.5. The molecule has 1 unspecified atom stereocenters. The maximum atomic E-state index is 12.1. The molecular formula is C12H24ClN3O. The van der Waals surface area contributed by atoms with Gasteiger partial charge in [0.15, 0.2) is 0 Å². The van der Waals surface area contributed by atoms with Crippen LogP contribution in [0.2, 0.25) is 0 Å². The number of hydrogen-bond acceptors (Lipinski definition) is 3. The van der Waals surface area contributed by atoms with E-state index in [0.29, 0.717) is 24.5 Å². The first kappa shape index (κ1) is 14.7. The van der Waals surface area contributed by atoms with Crippen molar-refractivity contribution in [3.63, 3.8) is 0 Å². The molecule has 0 aliphatic carbocycles. The Bertz CT molecular complexity index is 258. The molecule has 0 aromatic rings. The molecule has 5 heteroatoms. The van der Waals surface area contributed by atoms with Gasteiger partial charge >= 0.3 is 0 Å². The summed E-state index contributed by atoms with van der Waals surface area (Å²) in [4.78, 5) is 16.4. The molecule has 0 spiro atoms. The van der Waals surface area contributed by atoms with E-state index in [1.54, 1.807) is 0 Å². The molecule has 2 rings (SSSR count). The molecule has 0 bridgehead atoms. The van der Waals surface area contributed by atoms with E-state index in [-0.39, 0.29) is 12.4 Å². The van der Waals surface area contributed by atoms with Crippen LogP contribution in [-0.2, 0) is 4.79 Å². The molecule has 100 valence electrons. The molecule has 2 fully saturated rings. The molecule has 2 heterocycles. The predicted molar refractivity (Wildman–Crippen MR) is 71.6 cm³/mol. The lowest BCUT2D eigenvalue weighted by molar-refractivity contribution is -0.136. The van der Waals surface area contributed by atoms with Gasteiger partial charge in [-0.15, -0.1) is 12.4 Å². The quantitative estimate of drug-likeness (QED) is 0.813. The summed E-state index contributed by atoms with van der Waals surface area (Å²) in [6.45, 7) is 5.76. The number of likely N-dealkylation sites (N-methyl/N-ethyl adjacent to an activating group) is 1. The number of hydrogen-bond donors (Lipinski definition) is 1. The fourth-order valence-electron chi connectivity index (χ4n) is 2.49. The highest BCUT2D eigenvalue weighted by Crippen LogP contribution is 2.16. The minimum absolute atomic E-state index is 0. The van der Waals surface area contributed by atoms with Crippen molar-refractivity contribution < 1.29 is 4.79 Å². The summed E-state index contributed by atoms with van der Waals surface area (Å²) in [5.74, 6) is 0.307. The van der Waals surface area contributed by atoms with E-state index in [4.69, 9.17) is 0 Å². The lowest BCUT2D eigenvalue weighted by atomic mass is 10.0.